The molecule has 1 aromatic carbocycles. The van der Waals surface area contributed by atoms with Crippen LogP contribution >= 0.6 is 0 Å². The first-order valence-electron chi connectivity index (χ1n) is 6.39. The largest absolute Gasteiger partial charge is 0.454 e. The molecule has 5 nitrogen and oxygen atoms in total. The van der Waals surface area contributed by atoms with Gasteiger partial charge in [0.2, 0.25) is 6.79 Å². The molecular weight excluding hydrogens is 246 g/mol. The molecule has 5 heteroatoms. The minimum Gasteiger partial charge on any atom is -0.454 e. The molecule has 106 valence electrons. The van der Waals surface area contributed by atoms with Gasteiger partial charge in [0.25, 0.3) is 0 Å². The zero-order chi connectivity index (χ0) is 13.9. The lowest BCUT2D eigenvalue weighted by molar-refractivity contribution is -0.0449. The van der Waals surface area contributed by atoms with Gasteiger partial charge < -0.3 is 24.6 Å². The van der Waals surface area contributed by atoms with E-state index in [4.69, 9.17) is 14.2 Å². The molecule has 0 amide bonds. The van der Waals surface area contributed by atoms with Gasteiger partial charge in [0.05, 0.1) is 18.3 Å². The second kappa shape index (κ2) is 5.67. The monoisotopic (exact) mass is 267 g/mol. The molecule has 1 unspecified atom stereocenters. The number of hydrogen-bond donors (Lipinski definition) is 2. The number of aliphatic hydroxyl groups is 1. The highest BCUT2D eigenvalue weighted by Crippen LogP contribution is 2.34. The van der Waals surface area contributed by atoms with E-state index in [1.54, 1.807) is 0 Å². The van der Waals surface area contributed by atoms with Gasteiger partial charge in [0, 0.05) is 18.3 Å². The molecule has 2 rings (SSSR count). The fraction of sp³-hybridized carbons (Fsp3) is 0.571. The van der Waals surface area contributed by atoms with Crippen LogP contribution in [0, 0.1) is 0 Å². The second-order valence-corrected chi connectivity index (χ2v) is 5.53. The van der Waals surface area contributed by atoms with Crippen molar-refractivity contribution in [2.45, 2.75) is 32.5 Å². The lowest BCUT2D eigenvalue weighted by Crippen LogP contribution is -2.30. The molecule has 2 N–H and O–H groups in total. The van der Waals surface area contributed by atoms with Gasteiger partial charge in [-0.15, -0.1) is 0 Å². The summed E-state index contributed by atoms with van der Waals surface area (Å²) in [5.74, 6) is 1.48. The van der Waals surface area contributed by atoms with Crippen molar-refractivity contribution in [2.75, 3.05) is 25.3 Å². The standard InChI is InChI=1S/C14H21NO4/c1-14(2,3)19-8-11(16)7-15-10-4-5-12-13(6-10)18-9-17-12/h4-6,11,15-16H,7-9H2,1-3H3. The Balaban J connectivity index is 1.79. The van der Waals surface area contributed by atoms with E-state index in [0.717, 1.165) is 17.2 Å². The maximum atomic E-state index is 9.82. The van der Waals surface area contributed by atoms with Crippen LogP contribution in [0.25, 0.3) is 0 Å². The highest BCUT2D eigenvalue weighted by molar-refractivity contribution is 5.55. The Bertz CT molecular complexity index is 428. The van der Waals surface area contributed by atoms with Crippen LogP contribution in [0.1, 0.15) is 20.8 Å². The van der Waals surface area contributed by atoms with Crippen molar-refractivity contribution in [1.82, 2.24) is 0 Å². The van der Waals surface area contributed by atoms with Gasteiger partial charge in [0.15, 0.2) is 11.5 Å². The van der Waals surface area contributed by atoms with Crippen LogP contribution in [0.15, 0.2) is 18.2 Å². The Hall–Kier alpha value is -1.46. The Labute approximate surface area is 113 Å². The van der Waals surface area contributed by atoms with Crippen molar-refractivity contribution in [2.24, 2.45) is 0 Å². The summed E-state index contributed by atoms with van der Waals surface area (Å²) in [6, 6.07) is 5.60. The topological polar surface area (TPSA) is 60.0 Å². The van der Waals surface area contributed by atoms with Crippen molar-refractivity contribution < 1.29 is 19.3 Å². The molecule has 19 heavy (non-hydrogen) atoms. The van der Waals surface area contributed by atoms with Gasteiger partial charge in [-0.05, 0) is 32.9 Å². The van der Waals surface area contributed by atoms with E-state index >= 15 is 0 Å². The van der Waals surface area contributed by atoms with Crippen LogP contribution in [0.3, 0.4) is 0 Å². The Kier molecular flexibility index (Phi) is 4.17. The van der Waals surface area contributed by atoms with Crippen molar-refractivity contribution in [1.29, 1.82) is 0 Å². The first kappa shape index (κ1) is 14.0. The van der Waals surface area contributed by atoms with Crippen LogP contribution in [0.4, 0.5) is 5.69 Å². The number of fused-ring (bicyclic) bond motifs is 1. The Morgan fingerprint density at radius 1 is 1.32 bits per heavy atom. The van der Waals surface area contributed by atoms with E-state index in [1.165, 1.54) is 0 Å². The highest BCUT2D eigenvalue weighted by Gasteiger charge is 2.15. The number of hydrogen-bond acceptors (Lipinski definition) is 5. The molecule has 1 aliphatic rings. The first-order valence-corrected chi connectivity index (χ1v) is 6.39. The van der Waals surface area contributed by atoms with Gasteiger partial charge >= 0.3 is 0 Å². The summed E-state index contributed by atoms with van der Waals surface area (Å²) in [7, 11) is 0. The van der Waals surface area contributed by atoms with Crippen molar-refractivity contribution in [3.8, 4) is 11.5 Å². The van der Waals surface area contributed by atoms with E-state index in [-0.39, 0.29) is 12.4 Å². The Morgan fingerprint density at radius 3 is 2.79 bits per heavy atom. The van der Waals surface area contributed by atoms with E-state index < -0.39 is 6.10 Å². The lowest BCUT2D eigenvalue weighted by Gasteiger charge is -2.22. The third kappa shape index (κ3) is 4.29. The number of ether oxygens (including phenoxy) is 3. The molecule has 0 saturated carbocycles. The van der Waals surface area contributed by atoms with Gasteiger partial charge in [-0.25, -0.2) is 0 Å². The van der Waals surface area contributed by atoms with E-state index in [1.807, 2.05) is 39.0 Å². The summed E-state index contributed by atoms with van der Waals surface area (Å²) in [6.07, 6.45) is -0.551. The lowest BCUT2D eigenvalue weighted by atomic mass is 10.2. The van der Waals surface area contributed by atoms with Crippen LogP contribution in [-0.2, 0) is 4.74 Å². The fourth-order valence-electron chi connectivity index (χ4n) is 1.65. The van der Waals surface area contributed by atoms with Crippen LogP contribution in [0.2, 0.25) is 0 Å². The molecule has 0 saturated heterocycles. The molecule has 0 bridgehead atoms. The highest BCUT2D eigenvalue weighted by atomic mass is 16.7. The van der Waals surface area contributed by atoms with Gasteiger partial charge in [0.1, 0.15) is 0 Å². The molecule has 1 aromatic rings. The normalized spacial score (nSPS) is 15.4. The summed E-state index contributed by atoms with van der Waals surface area (Å²) in [5.41, 5.74) is 0.652. The molecular formula is C14H21NO4. The summed E-state index contributed by atoms with van der Waals surface area (Å²) in [6.45, 7) is 6.89. The second-order valence-electron chi connectivity index (χ2n) is 5.53. The third-order valence-corrected chi connectivity index (χ3v) is 2.62. The predicted octanol–water partition coefficient (Wildman–Crippen LogP) is 2.00. The van der Waals surface area contributed by atoms with Crippen LogP contribution in [-0.4, -0.2) is 36.8 Å². The van der Waals surface area contributed by atoms with Crippen LogP contribution < -0.4 is 14.8 Å². The van der Waals surface area contributed by atoms with E-state index in [0.29, 0.717) is 13.2 Å². The summed E-state index contributed by atoms with van der Waals surface area (Å²) in [4.78, 5) is 0. The van der Waals surface area contributed by atoms with Gasteiger partial charge in [-0.2, -0.15) is 0 Å². The number of anilines is 1. The zero-order valence-electron chi connectivity index (χ0n) is 11.6. The SMILES string of the molecule is CC(C)(C)OCC(O)CNc1ccc2c(c1)OCO2. The van der Waals surface area contributed by atoms with Gasteiger partial charge in [-0.3, -0.25) is 0 Å². The Morgan fingerprint density at radius 2 is 2.05 bits per heavy atom. The molecule has 1 aliphatic heterocycles. The predicted molar refractivity (Wildman–Crippen MR) is 72.8 cm³/mol. The fourth-order valence-corrected chi connectivity index (χ4v) is 1.65. The van der Waals surface area contributed by atoms with Crippen LogP contribution in [0.5, 0.6) is 11.5 Å². The van der Waals surface area contributed by atoms with Gasteiger partial charge in [-0.1, -0.05) is 0 Å². The molecule has 0 aromatic heterocycles. The molecule has 0 aliphatic carbocycles. The number of benzene rings is 1. The minimum atomic E-state index is -0.551. The summed E-state index contributed by atoms with van der Waals surface area (Å²) in [5, 5.41) is 13.0. The molecule has 0 spiro atoms. The van der Waals surface area contributed by atoms with Crippen molar-refractivity contribution >= 4 is 5.69 Å². The van der Waals surface area contributed by atoms with Crippen molar-refractivity contribution in [3.63, 3.8) is 0 Å². The molecule has 0 fully saturated rings. The number of nitrogens with one attached hydrogen (secondary N) is 1. The number of aliphatic hydroxyl groups excluding tert-OH is 1. The average molecular weight is 267 g/mol. The molecule has 1 atom stereocenters. The zero-order valence-corrected chi connectivity index (χ0v) is 11.6. The van der Waals surface area contributed by atoms with E-state index in [9.17, 15) is 5.11 Å². The maximum Gasteiger partial charge on any atom is 0.231 e. The summed E-state index contributed by atoms with van der Waals surface area (Å²) < 4.78 is 16.0. The van der Waals surface area contributed by atoms with Crippen molar-refractivity contribution in [3.05, 3.63) is 18.2 Å². The smallest absolute Gasteiger partial charge is 0.231 e. The molecule has 0 radical (unpaired) electrons. The minimum absolute atomic E-state index is 0.236. The summed E-state index contributed by atoms with van der Waals surface area (Å²) >= 11 is 0. The number of rotatable bonds is 5. The quantitative estimate of drug-likeness (QED) is 0.854. The third-order valence-electron chi connectivity index (χ3n) is 2.62. The van der Waals surface area contributed by atoms with E-state index in [2.05, 4.69) is 5.32 Å². The average Bonchev–Trinajstić information content (AvgIpc) is 2.80. The maximum absolute atomic E-state index is 9.82. The molecule has 1 heterocycles. The first-order chi connectivity index (χ1) is 8.94.